The molecule has 146 valence electrons. The van der Waals surface area contributed by atoms with Gasteiger partial charge in [0.15, 0.2) is 0 Å². The van der Waals surface area contributed by atoms with Gasteiger partial charge in [-0.05, 0) is 36.8 Å². The summed E-state index contributed by atoms with van der Waals surface area (Å²) in [5.41, 5.74) is 2.95. The van der Waals surface area contributed by atoms with Crippen LogP contribution < -0.4 is 10.6 Å². The molecular weight excluding hydrogens is 390 g/mol. The van der Waals surface area contributed by atoms with E-state index in [0.717, 1.165) is 46.4 Å². The highest BCUT2D eigenvalue weighted by atomic mass is 32.2. The van der Waals surface area contributed by atoms with Crippen LogP contribution in [0, 0.1) is 6.92 Å². The van der Waals surface area contributed by atoms with E-state index in [1.54, 1.807) is 29.8 Å². The fraction of sp³-hybridized carbons (Fsp3) is 0.300. The number of para-hydroxylation sites is 1. The molecule has 0 aliphatic heterocycles. The molecule has 0 saturated carbocycles. The SMILES string of the molecule is Cc1ccccc1NC(=O)Cc1nc(CSCCCNc2ncccn2)cs1. The molecule has 0 radical (unpaired) electrons. The van der Waals surface area contributed by atoms with Crippen molar-refractivity contribution in [3.63, 3.8) is 0 Å². The van der Waals surface area contributed by atoms with Crippen LogP contribution in [0.3, 0.4) is 0 Å². The van der Waals surface area contributed by atoms with E-state index in [2.05, 4.69) is 25.6 Å². The second-order valence-electron chi connectivity index (χ2n) is 6.18. The Labute approximate surface area is 173 Å². The molecule has 0 saturated heterocycles. The average Bonchev–Trinajstić information content (AvgIpc) is 3.14. The minimum atomic E-state index is -0.0305. The number of rotatable bonds is 10. The lowest BCUT2D eigenvalue weighted by molar-refractivity contribution is -0.115. The Balaban J connectivity index is 1.34. The van der Waals surface area contributed by atoms with Crippen molar-refractivity contribution in [2.45, 2.75) is 25.5 Å². The first-order chi connectivity index (χ1) is 13.7. The number of hydrogen-bond acceptors (Lipinski definition) is 7. The number of carbonyl (C=O) groups excluding carboxylic acids is 1. The molecular formula is C20H23N5OS2. The summed E-state index contributed by atoms with van der Waals surface area (Å²) in [6.07, 6.45) is 4.79. The third-order valence-electron chi connectivity index (χ3n) is 3.89. The van der Waals surface area contributed by atoms with Crippen molar-refractivity contribution in [3.8, 4) is 0 Å². The van der Waals surface area contributed by atoms with Crippen LogP contribution in [-0.2, 0) is 17.0 Å². The number of amides is 1. The fourth-order valence-electron chi connectivity index (χ4n) is 2.48. The predicted octanol–water partition coefficient (Wildman–Crippen LogP) is 4.16. The van der Waals surface area contributed by atoms with E-state index in [1.165, 1.54) is 0 Å². The minimum Gasteiger partial charge on any atom is -0.354 e. The van der Waals surface area contributed by atoms with Crippen molar-refractivity contribution in [1.29, 1.82) is 0 Å². The third kappa shape index (κ3) is 6.61. The molecule has 2 heterocycles. The van der Waals surface area contributed by atoms with E-state index in [0.29, 0.717) is 12.4 Å². The number of aryl methyl sites for hydroxylation is 1. The van der Waals surface area contributed by atoms with Gasteiger partial charge in [0, 0.05) is 35.8 Å². The molecule has 8 heteroatoms. The summed E-state index contributed by atoms with van der Waals surface area (Å²) < 4.78 is 0. The Morgan fingerprint density at radius 1 is 1.18 bits per heavy atom. The lowest BCUT2D eigenvalue weighted by atomic mass is 10.2. The summed E-state index contributed by atoms with van der Waals surface area (Å²) in [4.78, 5) is 25.1. The molecule has 3 aromatic rings. The van der Waals surface area contributed by atoms with Crippen molar-refractivity contribution >= 4 is 40.6 Å². The Morgan fingerprint density at radius 3 is 2.82 bits per heavy atom. The van der Waals surface area contributed by atoms with Gasteiger partial charge in [0.05, 0.1) is 12.1 Å². The normalized spacial score (nSPS) is 10.6. The Bertz CT molecular complexity index is 885. The number of anilines is 2. The summed E-state index contributed by atoms with van der Waals surface area (Å²) in [6.45, 7) is 2.83. The zero-order valence-electron chi connectivity index (χ0n) is 15.7. The van der Waals surface area contributed by atoms with Gasteiger partial charge < -0.3 is 10.6 Å². The standard InChI is InChI=1S/C20H23N5OS2/c1-15-6-2-3-7-17(15)25-18(26)12-19-24-16(14-28-19)13-27-11-5-10-23-20-21-8-4-9-22-20/h2-4,6-9,14H,5,10-13H2,1H3,(H,25,26)(H,21,22,23). The Kier molecular flexibility index (Phi) is 7.81. The Morgan fingerprint density at radius 2 is 2.00 bits per heavy atom. The zero-order valence-corrected chi connectivity index (χ0v) is 17.4. The van der Waals surface area contributed by atoms with Crippen LogP contribution in [0.15, 0.2) is 48.1 Å². The maximum Gasteiger partial charge on any atom is 0.231 e. The highest BCUT2D eigenvalue weighted by Gasteiger charge is 2.09. The number of nitrogens with one attached hydrogen (secondary N) is 2. The summed E-state index contributed by atoms with van der Waals surface area (Å²) in [6, 6.07) is 9.58. The Hall–Kier alpha value is -2.45. The van der Waals surface area contributed by atoms with Crippen molar-refractivity contribution in [2.75, 3.05) is 22.9 Å². The van der Waals surface area contributed by atoms with Gasteiger partial charge in [-0.25, -0.2) is 15.0 Å². The average molecular weight is 414 g/mol. The number of nitrogens with zero attached hydrogens (tertiary/aromatic N) is 3. The van der Waals surface area contributed by atoms with Gasteiger partial charge in [-0.15, -0.1) is 11.3 Å². The van der Waals surface area contributed by atoms with Crippen LogP contribution in [0.1, 0.15) is 22.7 Å². The van der Waals surface area contributed by atoms with Gasteiger partial charge >= 0.3 is 0 Å². The molecule has 2 aromatic heterocycles. The maximum atomic E-state index is 12.2. The highest BCUT2D eigenvalue weighted by molar-refractivity contribution is 7.98. The van der Waals surface area contributed by atoms with Crippen molar-refractivity contribution in [1.82, 2.24) is 15.0 Å². The second kappa shape index (κ2) is 10.8. The van der Waals surface area contributed by atoms with Crippen LogP contribution in [0.5, 0.6) is 0 Å². The van der Waals surface area contributed by atoms with Crippen molar-refractivity contribution in [3.05, 3.63) is 64.4 Å². The van der Waals surface area contributed by atoms with Crippen LogP contribution in [0.25, 0.3) is 0 Å². The summed E-state index contributed by atoms with van der Waals surface area (Å²) >= 11 is 3.39. The van der Waals surface area contributed by atoms with Crippen molar-refractivity contribution < 1.29 is 4.79 Å². The zero-order chi connectivity index (χ0) is 19.6. The first-order valence-electron chi connectivity index (χ1n) is 9.08. The van der Waals surface area contributed by atoms with E-state index < -0.39 is 0 Å². The van der Waals surface area contributed by atoms with Crippen molar-refractivity contribution in [2.24, 2.45) is 0 Å². The fourth-order valence-corrected chi connectivity index (χ4v) is 4.23. The predicted molar refractivity (Wildman–Crippen MR) is 117 cm³/mol. The van der Waals surface area contributed by atoms with E-state index in [9.17, 15) is 4.79 Å². The molecule has 0 fully saturated rings. The number of carbonyl (C=O) groups is 1. The molecule has 0 aliphatic carbocycles. The number of thioether (sulfide) groups is 1. The monoisotopic (exact) mass is 413 g/mol. The minimum absolute atomic E-state index is 0.0305. The molecule has 0 aliphatic rings. The van der Waals surface area contributed by atoms with E-state index >= 15 is 0 Å². The molecule has 0 bridgehead atoms. The van der Waals surface area contributed by atoms with E-state index in [1.807, 2.05) is 48.3 Å². The molecule has 6 nitrogen and oxygen atoms in total. The lowest BCUT2D eigenvalue weighted by Crippen LogP contribution is -2.15. The molecule has 28 heavy (non-hydrogen) atoms. The lowest BCUT2D eigenvalue weighted by Gasteiger charge is -2.06. The molecule has 0 spiro atoms. The van der Waals surface area contributed by atoms with Gasteiger partial charge in [0.2, 0.25) is 11.9 Å². The molecule has 3 rings (SSSR count). The summed E-state index contributed by atoms with van der Waals surface area (Å²) in [7, 11) is 0. The largest absolute Gasteiger partial charge is 0.354 e. The third-order valence-corrected chi connectivity index (χ3v) is 5.87. The molecule has 0 unspecified atom stereocenters. The number of hydrogen-bond donors (Lipinski definition) is 2. The molecule has 2 N–H and O–H groups in total. The quantitative estimate of drug-likeness (QED) is 0.486. The van der Waals surface area contributed by atoms with Crippen LogP contribution in [0.4, 0.5) is 11.6 Å². The first-order valence-corrected chi connectivity index (χ1v) is 11.1. The smallest absolute Gasteiger partial charge is 0.231 e. The van der Waals surface area contributed by atoms with Crippen LogP contribution in [-0.4, -0.2) is 33.2 Å². The van der Waals surface area contributed by atoms with Gasteiger partial charge in [-0.3, -0.25) is 4.79 Å². The van der Waals surface area contributed by atoms with Gasteiger partial charge in [0.1, 0.15) is 5.01 Å². The number of thiazole rings is 1. The number of benzene rings is 1. The molecule has 1 amide bonds. The van der Waals surface area contributed by atoms with Gasteiger partial charge in [0.25, 0.3) is 0 Å². The van der Waals surface area contributed by atoms with Gasteiger partial charge in [-0.2, -0.15) is 11.8 Å². The van der Waals surface area contributed by atoms with Crippen LogP contribution >= 0.6 is 23.1 Å². The number of aromatic nitrogens is 3. The second-order valence-corrected chi connectivity index (χ2v) is 8.23. The highest BCUT2D eigenvalue weighted by Crippen LogP contribution is 2.18. The molecule has 0 atom stereocenters. The summed E-state index contributed by atoms with van der Waals surface area (Å²) in [5, 5.41) is 9.04. The topological polar surface area (TPSA) is 79.8 Å². The van der Waals surface area contributed by atoms with E-state index in [4.69, 9.17) is 0 Å². The maximum absolute atomic E-state index is 12.2. The summed E-state index contributed by atoms with van der Waals surface area (Å²) in [5.74, 6) is 2.52. The van der Waals surface area contributed by atoms with E-state index in [-0.39, 0.29) is 5.91 Å². The van der Waals surface area contributed by atoms with Gasteiger partial charge in [-0.1, -0.05) is 18.2 Å². The van der Waals surface area contributed by atoms with Crippen LogP contribution in [0.2, 0.25) is 0 Å². The first kappa shape index (κ1) is 20.3. The molecule has 1 aromatic carbocycles.